The molecule has 1 saturated heterocycles. The number of ether oxygens (including phenoxy) is 1. The third kappa shape index (κ3) is 7.92. The van der Waals surface area contributed by atoms with Crippen molar-refractivity contribution in [3.63, 3.8) is 0 Å². The van der Waals surface area contributed by atoms with Crippen molar-refractivity contribution < 1.29 is 9.53 Å². The molecule has 1 unspecified atom stereocenters. The standard InChI is InChI=1S/C19H31N5O2.HI/c1-21-19(23-13-15-7-3-4-9-17(15)26-2)22-10-6-12-24-11-5-8-16(14-24)18(20)25;/h3-4,7,9,16H,5-6,8,10-14H2,1-2H3,(H2,20,25)(H2,21,22,23);1H. The van der Waals surface area contributed by atoms with Crippen molar-refractivity contribution in [2.45, 2.75) is 25.8 Å². The summed E-state index contributed by atoms with van der Waals surface area (Å²) in [4.78, 5) is 17.9. The average Bonchev–Trinajstić information content (AvgIpc) is 2.67. The van der Waals surface area contributed by atoms with Crippen LogP contribution >= 0.6 is 24.0 Å². The molecule has 1 aromatic carbocycles. The molecule has 0 radical (unpaired) electrons. The predicted molar refractivity (Wildman–Crippen MR) is 120 cm³/mol. The minimum atomic E-state index is -0.172. The van der Waals surface area contributed by atoms with E-state index in [4.69, 9.17) is 10.5 Å². The zero-order valence-electron chi connectivity index (χ0n) is 16.2. The molecular weight excluding hydrogens is 457 g/mol. The van der Waals surface area contributed by atoms with Crippen LogP contribution in [-0.4, -0.2) is 57.1 Å². The lowest BCUT2D eigenvalue weighted by Crippen LogP contribution is -2.42. The van der Waals surface area contributed by atoms with Gasteiger partial charge >= 0.3 is 0 Å². The Hall–Kier alpha value is -1.55. The molecule has 1 aliphatic heterocycles. The van der Waals surface area contributed by atoms with Gasteiger partial charge in [0.15, 0.2) is 5.96 Å². The van der Waals surface area contributed by atoms with Crippen molar-refractivity contribution in [3.8, 4) is 5.75 Å². The molecule has 1 atom stereocenters. The topological polar surface area (TPSA) is 92.0 Å². The van der Waals surface area contributed by atoms with Crippen LogP contribution in [0.1, 0.15) is 24.8 Å². The van der Waals surface area contributed by atoms with E-state index in [0.717, 1.165) is 62.7 Å². The van der Waals surface area contributed by atoms with E-state index in [1.54, 1.807) is 14.2 Å². The number of guanidine groups is 1. The number of hydrogen-bond donors (Lipinski definition) is 3. The molecule has 0 aliphatic carbocycles. The lowest BCUT2D eigenvalue weighted by atomic mass is 9.97. The summed E-state index contributed by atoms with van der Waals surface area (Å²) < 4.78 is 5.36. The summed E-state index contributed by atoms with van der Waals surface area (Å²) in [6.07, 6.45) is 2.95. The number of methoxy groups -OCH3 is 1. The number of nitrogens with zero attached hydrogens (tertiary/aromatic N) is 2. The second-order valence-corrected chi connectivity index (χ2v) is 6.56. The van der Waals surface area contributed by atoms with E-state index in [2.05, 4.69) is 20.5 Å². The number of halogens is 1. The van der Waals surface area contributed by atoms with Crippen molar-refractivity contribution in [2.75, 3.05) is 40.3 Å². The molecule has 8 heteroatoms. The first-order valence-corrected chi connectivity index (χ1v) is 9.22. The van der Waals surface area contributed by atoms with Crippen LogP contribution in [0.15, 0.2) is 29.3 Å². The van der Waals surface area contributed by atoms with Crippen LogP contribution in [0, 0.1) is 5.92 Å². The highest BCUT2D eigenvalue weighted by molar-refractivity contribution is 14.0. The number of aliphatic imine (C=N–C) groups is 1. The maximum Gasteiger partial charge on any atom is 0.221 e. The van der Waals surface area contributed by atoms with E-state index < -0.39 is 0 Å². The molecule has 4 N–H and O–H groups in total. The van der Waals surface area contributed by atoms with E-state index in [1.165, 1.54) is 0 Å². The van der Waals surface area contributed by atoms with Gasteiger partial charge in [-0.2, -0.15) is 0 Å². The normalized spacial score (nSPS) is 17.7. The summed E-state index contributed by atoms with van der Waals surface area (Å²) >= 11 is 0. The largest absolute Gasteiger partial charge is 0.496 e. The molecule has 2 rings (SSSR count). The number of hydrogen-bond acceptors (Lipinski definition) is 4. The Labute approximate surface area is 179 Å². The Morgan fingerprint density at radius 3 is 2.85 bits per heavy atom. The van der Waals surface area contributed by atoms with Gasteiger partial charge in [0.1, 0.15) is 5.75 Å². The van der Waals surface area contributed by atoms with Gasteiger partial charge in [0.25, 0.3) is 0 Å². The zero-order valence-corrected chi connectivity index (χ0v) is 18.6. The van der Waals surface area contributed by atoms with Crippen LogP contribution in [-0.2, 0) is 11.3 Å². The number of likely N-dealkylation sites (tertiary alicyclic amines) is 1. The summed E-state index contributed by atoms with van der Waals surface area (Å²) in [5.41, 5.74) is 6.52. The van der Waals surface area contributed by atoms with Gasteiger partial charge in [-0.05, 0) is 38.4 Å². The van der Waals surface area contributed by atoms with Gasteiger partial charge in [-0.3, -0.25) is 9.79 Å². The van der Waals surface area contributed by atoms with Crippen LogP contribution in [0.2, 0.25) is 0 Å². The van der Waals surface area contributed by atoms with E-state index >= 15 is 0 Å². The van der Waals surface area contributed by atoms with Crippen LogP contribution in [0.4, 0.5) is 0 Å². The lowest BCUT2D eigenvalue weighted by molar-refractivity contribution is -0.123. The first-order chi connectivity index (χ1) is 12.6. The van der Waals surface area contributed by atoms with Crippen molar-refractivity contribution in [3.05, 3.63) is 29.8 Å². The Morgan fingerprint density at radius 1 is 1.37 bits per heavy atom. The molecule has 0 bridgehead atoms. The van der Waals surface area contributed by atoms with Crippen LogP contribution in [0.5, 0.6) is 5.75 Å². The van der Waals surface area contributed by atoms with Crippen LogP contribution in [0.3, 0.4) is 0 Å². The van der Waals surface area contributed by atoms with Crippen LogP contribution < -0.4 is 21.1 Å². The maximum absolute atomic E-state index is 11.3. The third-order valence-electron chi connectivity index (χ3n) is 4.71. The predicted octanol–water partition coefficient (Wildman–Crippen LogP) is 1.57. The second-order valence-electron chi connectivity index (χ2n) is 6.56. The zero-order chi connectivity index (χ0) is 18.8. The number of nitrogens with one attached hydrogen (secondary N) is 2. The lowest BCUT2D eigenvalue weighted by Gasteiger charge is -2.31. The summed E-state index contributed by atoms with van der Waals surface area (Å²) in [6, 6.07) is 7.93. The van der Waals surface area contributed by atoms with Crippen molar-refractivity contribution in [2.24, 2.45) is 16.6 Å². The number of nitrogens with two attached hydrogens (primary N) is 1. The molecule has 0 saturated carbocycles. The number of rotatable bonds is 8. The molecule has 7 nitrogen and oxygen atoms in total. The highest BCUT2D eigenvalue weighted by Gasteiger charge is 2.23. The Balaban J connectivity index is 0.00000364. The van der Waals surface area contributed by atoms with Crippen molar-refractivity contribution >= 4 is 35.8 Å². The van der Waals surface area contributed by atoms with E-state index in [0.29, 0.717) is 6.54 Å². The fourth-order valence-corrected chi connectivity index (χ4v) is 3.25. The monoisotopic (exact) mass is 489 g/mol. The number of amides is 1. The molecule has 1 heterocycles. The minimum absolute atomic E-state index is 0. The van der Waals surface area contributed by atoms with Crippen LogP contribution in [0.25, 0.3) is 0 Å². The third-order valence-corrected chi connectivity index (χ3v) is 4.71. The molecular formula is C19H32IN5O2. The molecule has 0 aromatic heterocycles. The van der Waals surface area contributed by atoms with Gasteiger partial charge in [0, 0.05) is 32.2 Å². The summed E-state index contributed by atoms with van der Waals surface area (Å²) in [7, 11) is 3.44. The smallest absolute Gasteiger partial charge is 0.221 e. The quantitative estimate of drug-likeness (QED) is 0.223. The van der Waals surface area contributed by atoms with Gasteiger partial charge in [0.2, 0.25) is 5.91 Å². The fraction of sp³-hybridized carbons (Fsp3) is 0.579. The highest BCUT2D eigenvalue weighted by atomic mass is 127. The van der Waals surface area contributed by atoms with E-state index in [1.807, 2.05) is 24.3 Å². The van der Waals surface area contributed by atoms with Gasteiger partial charge in [0.05, 0.1) is 13.0 Å². The Kier molecular flexibility index (Phi) is 11.1. The second kappa shape index (κ2) is 12.8. The van der Waals surface area contributed by atoms with Gasteiger partial charge in [-0.15, -0.1) is 24.0 Å². The molecule has 1 amide bonds. The number of para-hydroxylation sites is 1. The number of benzene rings is 1. The number of carbonyl (C=O) groups excluding carboxylic acids is 1. The SMILES string of the molecule is CN=C(NCCCN1CCCC(C(N)=O)C1)NCc1ccccc1OC.I. The number of primary amides is 1. The van der Waals surface area contributed by atoms with Crippen molar-refractivity contribution in [1.82, 2.24) is 15.5 Å². The van der Waals surface area contributed by atoms with E-state index in [-0.39, 0.29) is 35.8 Å². The maximum atomic E-state index is 11.3. The van der Waals surface area contributed by atoms with Gasteiger partial charge in [-0.25, -0.2) is 0 Å². The minimum Gasteiger partial charge on any atom is -0.496 e. The van der Waals surface area contributed by atoms with E-state index in [9.17, 15) is 4.79 Å². The molecule has 1 fully saturated rings. The summed E-state index contributed by atoms with van der Waals surface area (Å²) in [5, 5.41) is 6.64. The Bertz CT molecular complexity index is 612. The molecule has 1 aromatic rings. The molecule has 27 heavy (non-hydrogen) atoms. The first kappa shape index (κ1) is 23.5. The van der Waals surface area contributed by atoms with Crippen molar-refractivity contribution in [1.29, 1.82) is 0 Å². The molecule has 152 valence electrons. The average molecular weight is 489 g/mol. The number of piperidine rings is 1. The number of carbonyl (C=O) groups is 1. The van der Waals surface area contributed by atoms with Gasteiger partial charge < -0.3 is 26.0 Å². The fourth-order valence-electron chi connectivity index (χ4n) is 3.25. The Morgan fingerprint density at radius 2 is 2.15 bits per heavy atom. The first-order valence-electron chi connectivity index (χ1n) is 9.22. The summed E-state index contributed by atoms with van der Waals surface area (Å²) in [6.45, 7) is 4.26. The molecule has 0 spiro atoms. The summed E-state index contributed by atoms with van der Waals surface area (Å²) in [5.74, 6) is 1.47. The molecule has 1 aliphatic rings. The highest BCUT2D eigenvalue weighted by Crippen LogP contribution is 2.17. The van der Waals surface area contributed by atoms with Gasteiger partial charge in [-0.1, -0.05) is 18.2 Å².